The molecule has 1 aromatic rings. The summed E-state index contributed by atoms with van der Waals surface area (Å²) in [5.41, 5.74) is 1.03. The Morgan fingerprint density at radius 2 is 2.06 bits per heavy atom. The minimum absolute atomic E-state index is 0.141. The first-order chi connectivity index (χ1) is 8.74. The van der Waals surface area contributed by atoms with Gasteiger partial charge in [0.1, 0.15) is 11.5 Å². The molecule has 0 aromatic heterocycles. The van der Waals surface area contributed by atoms with E-state index < -0.39 is 0 Å². The molecular weight excluding hydrogens is 230 g/mol. The minimum atomic E-state index is 0.141. The van der Waals surface area contributed by atoms with Crippen LogP contribution in [-0.4, -0.2) is 32.0 Å². The normalized spacial score (nSPS) is 12.2. The number of hydrogen-bond donors (Lipinski definition) is 2. The number of hydrogen-bond acceptors (Lipinski definition) is 4. The molecule has 0 radical (unpaired) electrons. The van der Waals surface area contributed by atoms with Crippen molar-refractivity contribution in [3.63, 3.8) is 0 Å². The van der Waals surface area contributed by atoms with Crippen molar-refractivity contribution in [2.75, 3.05) is 26.9 Å². The lowest BCUT2D eigenvalue weighted by Crippen LogP contribution is -2.19. The molecule has 0 amide bonds. The molecule has 0 saturated heterocycles. The van der Waals surface area contributed by atoms with Crippen molar-refractivity contribution < 1.29 is 14.6 Å². The molecule has 1 atom stereocenters. The first-order valence-electron chi connectivity index (χ1n) is 6.38. The van der Waals surface area contributed by atoms with Crippen molar-refractivity contribution in [3.8, 4) is 11.5 Å². The van der Waals surface area contributed by atoms with Crippen LogP contribution in [0.25, 0.3) is 0 Å². The maximum atomic E-state index is 8.79. The third-order valence-electron chi connectivity index (χ3n) is 2.75. The molecule has 0 aliphatic rings. The summed E-state index contributed by atoms with van der Waals surface area (Å²) in [7, 11) is 1.66. The second-order valence-electron chi connectivity index (χ2n) is 4.08. The van der Waals surface area contributed by atoms with Crippen LogP contribution in [0.1, 0.15) is 31.9 Å². The fourth-order valence-electron chi connectivity index (χ4n) is 1.91. The van der Waals surface area contributed by atoms with Crippen molar-refractivity contribution in [2.45, 2.75) is 26.3 Å². The van der Waals surface area contributed by atoms with Gasteiger partial charge >= 0.3 is 0 Å². The zero-order chi connectivity index (χ0) is 13.4. The van der Waals surface area contributed by atoms with Crippen LogP contribution < -0.4 is 14.8 Å². The van der Waals surface area contributed by atoms with Crippen LogP contribution in [0.15, 0.2) is 18.2 Å². The summed E-state index contributed by atoms with van der Waals surface area (Å²) in [6, 6.07) is 5.94. The predicted octanol–water partition coefficient (Wildman–Crippen LogP) is 2.13. The first-order valence-corrected chi connectivity index (χ1v) is 6.38. The molecule has 0 bridgehead atoms. The molecule has 2 N–H and O–H groups in total. The average Bonchev–Trinajstić information content (AvgIpc) is 2.39. The number of benzene rings is 1. The van der Waals surface area contributed by atoms with Crippen LogP contribution in [0.5, 0.6) is 11.5 Å². The summed E-state index contributed by atoms with van der Waals surface area (Å²) in [6.07, 6.45) is 0.631. The Bertz CT molecular complexity index is 355. The molecule has 0 aliphatic carbocycles. The van der Waals surface area contributed by atoms with E-state index in [-0.39, 0.29) is 12.6 Å². The Kier molecular flexibility index (Phi) is 6.54. The van der Waals surface area contributed by atoms with Crippen molar-refractivity contribution in [2.24, 2.45) is 0 Å². The van der Waals surface area contributed by atoms with E-state index in [0.29, 0.717) is 13.0 Å². The molecule has 1 rings (SSSR count). The highest BCUT2D eigenvalue weighted by molar-refractivity contribution is 5.46. The van der Waals surface area contributed by atoms with Gasteiger partial charge in [-0.25, -0.2) is 0 Å². The average molecular weight is 253 g/mol. The lowest BCUT2D eigenvalue weighted by Gasteiger charge is -2.20. The van der Waals surface area contributed by atoms with Gasteiger partial charge in [-0.2, -0.15) is 0 Å². The highest BCUT2D eigenvalue weighted by Gasteiger charge is 2.16. The van der Waals surface area contributed by atoms with Crippen LogP contribution >= 0.6 is 0 Å². The summed E-state index contributed by atoms with van der Waals surface area (Å²) in [5, 5.41) is 12.1. The number of rotatable bonds is 8. The topological polar surface area (TPSA) is 50.7 Å². The summed E-state index contributed by atoms with van der Waals surface area (Å²) in [6.45, 7) is 5.69. The van der Waals surface area contributed by atoms with Crippen LogP contribution in [-0.2, 0) is 0 Å². The van der Waals surface area contributed by atoms with E-state index in [4.69, 9.17) is 14.6 Å². The Balaban J connectivity index is 2.92. The van der Waals surface area contributed by atoms with Gasteiger partial charge in [0.25, 0.3) is 0 Å². The zero-order valence-corrected chi connectivity index (χ0v) is 11.4. The van der Waals surface area contributed by atoms with Gasteiger partial charge in [0.05, 0.1) is 19.3 Å². The molecule has 0 spiro atoms. The number of nitrogens with one attached hydrogen (secondary N) is 1. The molecule has 18 heavy (non-hydrogen) atoms. The number of methoxy groups -OCH3 is 1. The molecule has 0 heterocycles. The smallest absolute Gasteiger partial charge is 0.127 e. The summed E-state index contributed by atoms with van der Waals surface area (Å²) < 4.78 is 11.1. The second-order valence-corrected chi connectivity index (χ2v) is 4.08. The van der Waals surface area contributed by atoms with Gasteiger partial charge in [-0.05, 0) is 25.6 Å². The van der Waals surface area contributed by atoms with E-state index in [2.05, 4.69) is 19.2 Å². The van der Waals surface area contributed by atoms with Gasteiger partial charge in [-0.1, -0.05) is 13.0 Å². The zero-order valence-electron chi connectivity index (χ0n) is 11.4. The van der Waals surface area contributed by atoms with Crippen molar-refractivity contribution in [1.82, 2.24) is 5.32 Å². The van der Waals surface area contributed by atoms with Crippen molar-refractivity contribution in [3.05, 3.63) is 23.8 Å². The molecular formula is C14H23NO3. The minimum Gasteiger partial charge on any atom is -0.496 e. The quantitative estimate of drug-likeness (QED) is 0.697. The molecule has 4 heteroatoms. The fraction of sp³-hybridized carbons (Fsp3) is 0.571. The molecule has 0 saturated carbocycles. The second kappa shape index (κ2) is 7.95. The van der Waals surface area contributed by atoms with Crippen molar-refractivity contribution in [1.29, 1.82) is 0 Å². The van der Waals surface area contributed by atoms with Gasteiger partial charge < -0.3 is 19.9 Å². The van der Waals surface area contributed by atoms with E-state index in [0.717, 1.165) is 23.6 Å². The fourth-order valence-corrected chi connectivity index (χ4v) is 1.91. The lowest BCUT2D eigenvalue weighted by atomic mass is 10.1. The van der Waals surface area contributed by atoms with E-state index in [9.17, 15) is 0 Å². The Hall–Kier alpha value is -1.26. The molecule has 1 unspecified atom stereocenters. The monoisotopic (exact) mass is 253 g/mol. The van der Waals surface area contributed by atoms with Gasteiger partial charge in [-0.15, -0.1) is 0 Å². The summed E-state index contributed by atoms with van der Waals surface area (Å²) in [4.78, 5) is 0. The molecule has 102 valence electrons. The van der Waals surface area contributed by atoms with Crippen LogP contribution in [0, 0.1) is 0 Å². The Labute approximate surface area is 109 Å². The van der Waals surface area contributed by atoms with E-state index in [1.165, 1.54) is 0 Å². The molecule has 4 nitrogen and oxygen atoms in total. The Morgan fingerprint density at radius 1 is 1.33 bits per heavy atom. The van der Waals surface area contributed by atoms with Crippen molar-refractivity contribution >= 4 is 0 Å². The molecule has 0 fully saturated rings. The van der Waals surface area contributed by atoms with E-state index in [1.807, 2.05) is 18.2 Å². The van der Waals surface area contributed by atoms with Gasteiger partial charge in [0.2, 0.25) is 0 Å². The van der Waals surface area contributed by atoms with E-state index >= 15 is 0 Å². The SMILES string of the molecule is CCNC(C)c1c(OC)cccc1OCCCO. The van der Waals surface area contributed by atoms with Crippen LogP contribution in [0.3, 0.4) is 0 Å². The Morgan fingerprint density at radius 3 is 2.67 bits per heavy atom. The highest BCUT2D eigenvalue weighted by atomic mass is 16.5. The van der Waals surface area contributed by atoms with Gasteiger partial charge in [0, 0.05) is 19.1 Å². The first kappa shape index (κ1) is 14.8. The van der Waals surface area contributed by atoms with Gasteiger partial charge in [0.15, 0.2) is 0 Å². The molecule has 0 aliphatic heterocycles. The third kappa shape index (κ3) is 3.89. The number of aliphatic hydroxyl groups excluding tert-OH is 1. The highest BCUT2D eigenvalue weighted by Crippen LogP contribution is 2.33. The number of aliphatic hydroxyl groups is 1. The standard InChI is InChI=1S/C14H23NO3/c1-4-15-11(2)14-12(17-3)7-5-8-13(14)18-10-6-9-16/h5,7-8,11,15-16H,4,6,9-10H2,1-3H3. The lowest BCUT2D eigenvalue weighted by molar-refractivity contribution is 0.231. The van der Waals surface area contributed by atoms with Crippen LogP contribution in [0.4, 0.5) is 0 Å². The number of ether oxygens (including phenoxy) is 2. The maximum Gasteiger partial charge on any atom is 0.127 e. The maximum absolute atomic E-state index is 8.79. The van der Waals surface area contributed by atoms with Crippen LogP contribution in [0.2, 0.25) is 0 Å². The largest absolute Gasteiger partial charge is 0.496 e. The van der Waals surface area contributed by atoms with Gasteiger partial charge in [-0.3, -0.25) is 0 Å². The summed E-state index contributed by atoms with van der Waals surface area (Å²) >= 11 is 0. The third-order valence-corrected chi connectivity index (χ3v) is 2.75. The molecule has 1 aromatic carbocycles. The summed E-state index contributed by atoms with van der Waals surface area (Å²) in [5.74, 6) is 1.64. The predicted molar refractivity (Wildman–Crippen MR) is 72.3 cm³/mol. The van der Waals surface area contributed by atoms with E-state index in [1.54, 1.807) is 7.11 Å².